The van der Waals surface area contributed by atoms with Crippen LogP contribution in [-0.4, -0.2) is 28.8 Å². The molecule has 1 aliphatic carbocycles. The van der Waals surface area contributed by atoms with E-state index in [0.717, 1.165) is 11.5 Å². The average molecular weight is 319 g/mol. The Hall–Kier alpha value is -0.760. The van der Waals surface area contributed by atoms with Gasteiger partial charge in [0, 0.05) is 10.8 Å². The molecule has 122 valence electrons. The van der Waals surface area contributed by atoms with Crippen LogP contribution in [-0.2, 0) is 0 Å². The zero-order valence-corrected chi connectivity index (χ0v) is 15.0. The SMILES string of the molecule is CC(C(=O)c1ccc(C2CCCCC2)cc1)S1(C)CCCC1. The molecule has 1 nitrogen and oxygen atoms in total. The highest BCUT2D eigenvalue weighted by molar-refractivity contribution is 8.34. The normalized spacial score (nSPS) is 24.8. The Balaban J connectivity index is 1.70. The van der Waals surface area contributed by atoms with Crippen LogP contribution < -0.4 is 0 Å². The topological polar surface area (TPSA) is 17.1 Å². The Morgan fingerprint density at radius 2 is 1.59 bits per heavy atom. The predicted octanol–water partition coefficient (Wildman–Crippen LogP) is 5.53. The van der Waals surface area contributed by atoms with Gasteiger partial charge in [-0.3, -0.25) is 4.79 Å². The van der Waals surface area contributed by atoms with Crippen LogP contribution in [0.5, 0.6) is 0 Å². The summed E-state index contributed by atoms with van der Waals surface area (Å²) in [6.07, 6.45) is 11.8. The molecule has 1 atom stereocenters. The lowest BCUT2D eigenvalue weighted by Crippen LogP contribution is -2.25. The maximum absolute atomic E-state index is 12.8. The van der Waals surface area contributed by atoms with Crippen LogP contribution in [0.4, 0.5) is 0 Å². The number of hydrogen-bond acceptors (Lipinski definition) is 1. The van der Waals surface area contributed by atoms with Crippen molar-refractivity contribution in [1.82, 2.24) is 0 Å². The van der Waals surface area contributed by atoms with E-state index in [4.69, 9.17) is 0 Å². The molecular weight excluding hydrogens is 288 g/mol. The molecule has 1 aromatic rings. The van der Waals surface area contributed by atoms with Crippen LogP contribution in [0.3, 0.4) is 0 Å². The Bertz CT molecular complexity index is 507. The van der Waals surface area contributed by atoms with E-state index in [-0.39, 0.29) is 5.25 Å². The number of carbonyl (C=O) groups is 1. The van der Waals surface area contributed by atoms with E-state index in [2.05, 4.69) is 37.4 Å². The highest BCUT2D eigenvalue weighted by Gasteiger charge is 2.33. The van der Waals surface area contributed by atoms with Gasteiger partial charge < -0.3 is 0 Å². The van der Waals surface area contributed by atoms with Gasteiger partial charge in [-0.15, -0.1) is 0 Å². The van der Waals surface area contributed by atoms with E-state index in [9.17, 15) is 4.79 Å². The molecule has 22 heavy (non-hydrogen) atoms. The van der Waals surface area contributed by atoms with Gasteiger partial charge >= 0.3 is 0 Å². The predicted molar refractivity (Wildman–Crippen MR) is 98.5 cm³/mol. The van der Waals surface area contributed by atoms with Gasteiger partial charge in [0.2, 0.25) is 0 Å². The van der Waals surface area contributed by atoms with Crippen LogP contribution in [0.25, 0.3) is 0 Å². The first-order valence-electron chi connectivity index (χ1n) is 8.97. The number of Topliss-reactive ketones (excluding diaryl/α,β-unsaturated/α-hetero) is 1. The number of ketones is 1. The molecule has 3 rings (SSSR count). The van der Waals surface area contributed by atoms with Gasteiger partial charge in [0.25, 0.3) is 0 Å². The highest BCUT2D eigenvalue weighted by Crippen LogP contribution is 2.55. The standard InChI is InChI=1S/C20H30OS/c1-16(22(2)14-6-7-15-22)20(21)19-12-10-18(11-13-19)17-8-4-3-5-9-17/h10-13,16-17H,3-9,14-15H2,1-2H3. The number of hydrogen-bond donors (Lipinski definition) is 0. The van der Waals surface area contributed by atoms with Gasteiger partial charge in [0.15, 0.2) is 5.78 Å². The van der Waals surface area contributed by atoms with Crippen LogP contribution in [0.15, 0.2) is 24.3 Å². The fourth-order valence-corrected chi connectivity index (χ4v) is 7.46. The van der Waals surface area contributed by atoms with Crippen molar-refractivity contribution in [2.24, 2.45) is 0 Å². The number of benzene rings is 1. The summed E-state index contributed by atoms with van der Waals surface area (Å²) >= 11 is 0. The molecule has 1 saturated carbocycles. The molecule has 1 aliphatic heterocycles. The smallest absolute Gasteiger partial charge is 0.174 e. The van der Waals surface area contributed by atoms with Crippen molar-refractivity contribution in [3.8, 4) is 0 Å². The fourth-order valence-electron chi connectivity index (χ4n) is 4.17. The van der Waals surface area contributed by atoms with Crippen molar-refractivity contribution < 1.29 is 4.79 Å². The van der Waals surface area contributed by atoms with Crippen molar-refractivity contribution in [2.75, 3.05) is 17.8 Å². The molecule has 1 saturated heterocycles. The minimum Gasteiger partial charge on any atom is -0.293 e. The molecular formula is C20H30OS. The molecule has 1 unspecified atom stereocenters. The van der Waals surface area contributed by atoms with Crippen molar-refractivity contribution in [3.63, 3.8) is 0 Å². The van der Waals surface area contributed by atoms with Gasteiger partial charge in [-0.05, 0) is 61.8 Å². The molecule has 0 radical (unpaired) electrons. The molecule has 2 aliphatic rings. The van der Waals surface area contributed by atoms with Crippen LogP contribution in [0.1, 0.15) is 73.7 Å². The summed E-state index contributed by atoms with van der Waals surface area (Å²) in [6.45, 7) is 2.18. The highest BCUT2D eigenvalue weighted by atomic mass is 32.3. The Kier molecular flexibility index (Phi) is 4.97. The zero-order chi connectivity index (χ0) is 15.6. The maximum Gasteiger partial charge on any atom is 0.174 e. The molecule has 0 bridgehead atoms. The number of rotatable bonds is 4. The lowest BCUT2D eigenvalue weighted by atomic mass is 9.84. The van der Waals surface area contributed by atoms with Gasteiger partial charge in [0.05, 0.1) is 0 Å². The molecule has 0 spiro atoms. The lowest BCUT2D eigenvalue weighted by molar-refractivity contribution is 0.0993. The van der Waals surface area contributed by atoms with Crippen molar-refractivity contribution in [2.45, 2.75) is 63.0 Å². The summed E-state index contributed by atoms with van der Waals surface area (Å²) in [5, 5.41) is 0.232. The second-order valence-corrected chi connectivity index (χ2v) is 11.7. The van der Waals surface area contributed by atoms with Crippen LogP contribution >= 0.6 is 10.0 Å². The van der Waals surface area contributed by atoms with E-state index in [1.807, 2.05) is 0 Å². The van der Waals surface area contributed by atoms with Crippen LogP contribution in [0.2, 0.25) is 0 Å². The zero-order valence-electron chi connectivity index (χ0n) is 14.1. The summed E-state index contributed by atoms with van der Waals surface area (Å²) < 4.78 is 0. The van der Waals surface area contributed by atoms with E-state index >= 15 is 0 Å². The average Bonchev–Trinajstić information content (AvgIpc) is 3.02. The van der Waals surface area contributed by atoms with Crippen LogP contribution in [0, 0.1) is 0 Å². The monoisotopic (exact) mass is 318 g/mol. The number of carbonyl (C=O) groups excluding carboxylic acids is 1. The van der Waals surface area contributed by atoms with Gasteiger partial charge in [-0.2, -0.15) is 0 Å². The quantitative estimate of drug-likeness (QED) is 0.667. The van der Waals surface area contributed by atoms with Crippen molar-refractivity contribution in [3.05, 3.63) is 35.4 Å². The molecule has 0 amide bonds. The molecule has 1 heterocycles. The molecule has 0 N–H and O–H groups in total. The summed E-state index contributed by atoms with van der Waals surface area (Å²) in [7, 11) is -0.710. The fraction of sp³-hybridized carbons (Fsp3) is 0.650. The van der Waals surface area contributed by atoms with E-state index in [1.165, 1.54) is 62.0 Å². The summed E-state index contributed by atoms with van der Waals surface area (Å²) in [5.41, 5.74) is 2.39. The summed E-state index contributed by atoms with van der Waals surface area (Å²) in [6, 6.07) is 8.64. The maximum atomic E-state index is 12.8. The second kappa shape index (κ2) is 6.78. The molecule has 1 aromatic carbocycles. The minimum absolute atomic E-state index is 0.232. The molecule has 2 fully saturated rings. The van der Waals surface area contributed by atoms with E-state index in [0.29, 0.717) is 5.78 Å². The van der Waals surface area contributed by atoms with Gasteiger partial charge in [-0.1, -0.05) is 43.5 Å². The Morgan fingerprint density at radius 3 is 2.18 bits per heavy atom. The third-order valence-electron chi connectivity index (χ3n) is 5.97. The Labute approximate surface area is 137 Å². The summed E-state index contributed by atoms with van der Waals surface area (Å²) in [5.74, 6) is 3.70. The summed E-state index contributed by atoms with van der Waals surface area (Å²) in [4.78, 5) is 12.8. The third kappa shape index (κ3) is 3.27. The molecule has 0 aromatic heterocycles. The first-order chi connectivity index (χ1) is 10.6. The Morgan fingerprint density at radius 1 is 1.00 bits per heavy atom. The third-order valence-corrected chi connectivity index (χ3v) is 10.3. The lowest BCUT2D eigenvalue weighted by Gasteiger charge is -2.36. The largest absolute Gasteiger partial charge is 0.293 e. The molecule has 2 heteroatoms. The van der Waals surface area contributed by atoms with E-state index < -0.39 is 10.0 Å². The van der Waals surface area contributed by atoms with Gasteiger partial charge in [-0.25, -0.2) is 10.0 Å². The minimum atomic E-state index is -0.710. The van der Waals surface area contributed by atoms with Crippen molar-refractivity contribution >= 4 is 15.8 Å². The first-order valence-corrected chi connectivity index (χ1v) is 11.4. The first kappa shape index (κ1) is 16.1. The van der Waals surface area contributed by atoms with E-state index in [1.54, 1.807) is 0 Å². The van der Waals surface area contributed by atoms with Gasteiger partial charge in [0.1, 0.15) is 0 Å². The second-order valence-electron chi connectivity index (χ2n) is 7.43. The van der Waals surface area contributed by atoms with Crippen molar-refractivity contribution in [1.29, 1.82) is 0 Å².